The molecule has 2 N–H and O–H groups in total. The average molecular weight is 290 g/mol. The van der Waals surface area contributed by atoms with E-state index in [1.807, 2.05) is 41.7 Å². The lowest BCUT2D eigenvalue weighted by Crippen LogP contribution is -2.71. The van der Waals surface area contributed by atoms with Crippen molar-refractivity contribution < 1.29 is 24.3 Å². The summed E-state index contributed by atoms with van der Waals surface area (Å²) < 4.78 is 21.7. The summed E-state index contributed by atoms with van der Waals surface area (Å²) in [6, 6.07) is 11.3. The van der Waals surface area contributed by atoms with Crippen molar-refractivity contribution in [1.29, 1.82) is 0 Å². The standard InChI is InChI=1S/C16H19NO4/c1-18-11-7-5-8-12(19-2)15(11)17-16-13(20-3)9-6-10-14(16)21-4/h5-10,17H,1-4H3/p+1. The highest BCUT2D eigenvalue weighted by molar-refractivity contribution is 5.62. The normalized spacial score (nSPS) is 10.1. The third-order valence-corrected chi connectivity index (χ3v) is 3.22. The molecular formula is C16H20NO4+. The largest absolute Gasteiger partial charge is 0.491 e. The molecule has 112 valence electrons. The summed E-state index contributed by atoms with van der Waals surface area (Å²) in [6.45, 7) is 0. The summed E-state index contributed by atoms with van der Waals surface area (Å²) >= 11 is 0. The van der Waals surface area contributed by atoms with Gasteiger partial charge in [-0.15, -0.1) is 0 Å². The summed E-state index contributed by atoms with van der Waals surface area (Å²) in [4.78, 5) is 0. The first-order valence-electron chi connectivity index (χ1n) is 6.51. The Labute approximate surface area is 124 Å². The van der Waals surface area contributed by atoms with Crippen molar-refractivity contribution in [2.75, 3.05) is 28.4 Å². The van der Waals surface area contributed by atoms with Gasteiger partial charge in [0.2, 0.25) is 11.4 Å². The van der Waals surface area contributed by atoms with Gasteiger partial charge in [-0.05, 0) is 24.3 Å². The van der Waals surface area contributed by atoms with E-state index < -0.39 is 0 Å². The van der Waals surface area contributed by atoms with Crippen molar-refractivity contribution >= 4 is 11.4 Å². The molecule has 0 saturated carbocycles. The van der Waals surface area contributed by atoms with Crippen LogP contribution in [-0.4, -0.2) is 28.4 Å². The number of quaternary nitrogens is 1. The monoisotopic (exact) mass is 290 g/mol. The molecule has 0 heterocycles. The van der Waals surface area contributed by atoms with Crippen LogP contribution in [0.5, 0.6) is 23.0 Å². The molecule has 0 atom stereocenters. The maximum atomic E-state index is 5.41. The lowest BCUT2D eigenvalue weighted by Gasteiger charge is -2.14. The van der Waals surface area contributed by atoms with Crippen LogP contribution in [0, 0.1) is 0 Å². The van der Waals surface area contributed by atoms with Gasteiger partial charge in [0.15, 0.2) is 23.0 Å². The first-order chi connectivity index (χ1) is 10.2. The Kier molecular flexibility index (Phi) is 4.90. The highest BCUT2D eigenvalue weighted by Crippen LogP contribution is 2.35. The molecule has 0 aliphatic carbocycles. The van der Waals surface area contributed by atoms with Crippen LogP contribution in [0.1, 0.15) is 0 Å². The van der Waals surface area contributed by atoms with Crippen LogP contribution < -0.4 is 24.3 Å². The van der Waals surface area contributed by atoms with E-state index in [0.717, 1.165) is 34.4 Å². The van der Waals surface area contributed by atoms with Crippen molar-refractivity contribution in [3.63, 3.8) is 0 Å². The molecule has 0 radical (unpaired) electrons. The maximum Gasteiger partial charge on any atom is 0.219 e. The second kappa shape index (κ2) is 6.85. The van der Waals surface area contributed by atoms with E-state index in [1.54, 1.807) is 28.4 Å². The number of hydrogen-bond donors (Lipinski definition) is 1. The second-order valence-corrected chi connectivity index (χ2v) is 4.30. The molecule has 0 bridgehead atoms. The van der Waals surface area contributed by atoms with E-state index in [-0.39, 0.29) is 0 Å². The molecule has 5 nitrogen and oxygen atoms in total. The summed E-state index contributed by atoms with van der Waals surface area (Å²) in [5, 5.41) is 1.94. The molecule has 2 aromatic carbocycles. The lowest BCUT2D eigenvalue weighted by atomic mass is 10.2. The molecule has 2 rings (SSSR count). The maximum absolute atomic E-state index is 5.41. The van der Waals surface area contributed by atoms with Crippen molar-refractivity contribution in [2.24, 2.45) is 0 Å². The number of para-hydroxylation sites is 2. The van der Waals surface area contributed by atoms with Crippen LogP contribution in [0.4, 0.5) is 11.4 Å². The third kappa shape index (κ3) is 3.03. The van der Waals surface area contributed by atoms with E-state index in [0.29, 0.717) is 0 Å². The minimum absolute atomic E-state index is 0.724. The molecule has 0 aromatic heterocycles. The highest BCUT2D eigenvalue weighted by Gasteiger charge is 2.21. The minimum Gasteiger partial charge on any atom is -0.491 e. The van der Waals surface area contributed by atoms with Gasteiger partial charge in [0.1, 0.15) is 0 Å². The van der Waals surface area contributed by atoms with Gasteiger partial charge in [-0.2, -0.15) is 0 Å². The molecule has 21 heavy (non-hydrogen) atoms. The van der Waals surface area contributed by atoms with Gasteiger partial charge >= 0.3 is 0 Å². The number of nitrogens with two attached hydrogens (primary N) is 1. The SMILES string of the molecule is COc1cccc(OC)c1[NH2+]c1c(OC)cccc1OC. The molecule has 5 heteroatoms. The predicted octanol–water partition coefficient (Wildman–Crippen LogP) is 2.25. The lowest BCUT2D eigenvalue weighted by molar-refractivity contribution is -0.481. The fourth-order valence-electron chi connectivity index (χ4n) is 2.19. The quantitative estimate of drug-likeness (QED) is 0.829. The molecule has 0 aliphatic heterocycles. The third-order valence-electron chi connectivity index (χ3n) is 3.22. The molecule has 0 amide bonds. The Bertz CT molecular complexity index is 515. The summed E-state index contributed by atoms with van der Waals surface area (Å²) in [5.74, 6) is 2.90. The van der Waals surface area contributed by atoms with Gasteiger partial charge in [-0.1, -0.05) is 12.1 Å². The topological polar surface area (TPSA) is 53.5 Å². The number of benzene rings is 2. The number of methoxy groups -OCH3 is 4. The highest BCUT2D eigenvalue weighted by atomic mass is 16.5. The molecular weight excluding hydrogens is 270 g/mol. The van der Waals surface area contributed by atoms with Crippen molar-refractivity contribution in [3.8, 4) is 23.0 Å². The molecule has 0 unspecified atom stereocenters. The average Bonchev–Trinajstić information content (AvgIpc) is 2.55. The second-order valence-electron chi connectivity index (χ2n) is 4.30. The zero-order chi connectivity index (χ0) is 15.2. The van der Waals surface area contributed by atoms with Gasteiger partial charge in [-0.3, -0.25) is 5.32 Å². The molecule has 0 aliphatic rings. The fraction of sp³-hybridized carbons (Fsp3) is 0.250. The van der Waals surface area contributed by atoms with E-state index >= 15 is 0 Å². The van der Waals surface area contributed by atoms with Crippen LogP contribution in [-0.2, 0) is 0 Å². The van der Waals surface area contributed by atoms with E-state index in [1.165, 1.54) is 0 Å². The van der Waals surface area contributed by atoms with Crippen molar-refractivity contribution in [1.82, 2.24) is 0 Å². The Morgan fingerprint density at radius 2 is 0.857 bits per heavy atom. The van der Waals surface area contributed by atoms with Crippen LogP contribution >= 0.6 is 0 Å². The smallest absolute Gasteiger partial charge is 0.219 e. The molecule has 2 aromatic rings. The predicted molar refractivity (Wildman–Crippen MR) is 80.3 cm³/mol. The molecule has 0 spiro atoms. The summed E-state index contributed by atoms with van der Waals surface area (Å²) in [5.41, 5.74) is 1.68. The van der Waals surface area contributed by atoms with Crippen LogP contribution in [0.25, 0.3) is 0 Å². The van der Waals surface area contributed by atoms with Crippen LogP contribution in [0.15, 0.2) is 36.4 Å². The van der Waals surface area contributed by atoms with Crippen molar-refractivity contribution in [2.45, 2.75) is 0 Å². The van der Waals surface area contributed by atoms with Gasteiger partial charge in [-0.25, -0.2) is 0 Å². The Hall–Kier alpha value is -2.40. The number of hydrogen-bond acceptors (Lipinski definition) is 4. The molecule has 0 fully saturated rings. The van der Waals surface area contributed by atoms with Crippen LogP contribution in [0.3, 0.4) is 0 Å². The number of rotatable bonds is 6. The first-order valence-corrected chi connectivity index (χ1v) is 6.51. The first kappa shape index (κ1) is 15.0. The van der Waals surface area contributed by atoms with Gasteiger partial charge in [0, 0.05) is 0 Å². The Morgan fingerprint density at radius 1 is 0.571 bits per heavy atom. The zero-order valence-electron chi connectivity index (χ0n) is 12.7. The van der Waals surface area contributed by atoms with E-state index in [9.17, 15) is 0 Å². The zero-order valence-corrected chi connectivity index (χ0v) is 12.7. The van der Waals surface area contributed by atoms with E-state index in [2.05, 4.69) is 0 Å². The van der Waals surface area contributed by atoms with E-state index in [4.69, 9.17) is 18.9 Å². The van der Waals surface area contributed by atoms with Gasteiger partial charge < -0.3 is 18.9 Å². The fourth-order valence-corrected chi connectivity index (χ4v) is 2.19. The minimum atomic E-state index is 0.724. The molecule has 0 saturated heterocycles. The van der Waals surface area contributed by atoms with Crippen molar-refractivity contribution in [3.05, 3.63) is 36.4 Å². The number of ether oxygens (including phenoxy) is 4. The van der Waals surface area contributed by atoms with Gasteiger partial charge in [0.05, 0.1) is 28.4 Å². The van der Waals surface area contributed by atoms with Gasteiger partial charge in [0.25, 0.3) is 0 Å². The Morgan fingerprint density at radius 3 is 1.10 bits per heavy atom. The summed E-state index contributed by atoms with van der Waals surface area (Å²) in [6.07, 6.45) is 0. The van der Waals surface area contributed by atoms with Crippen LogP contribution in [0.2, 0.25) is 0 Å². The Balaban J connectivity index is 2.52. The summed E-state index contributed by atoms with van der Waals surface area (Å²) in [7, 11) is 6.52.